The summed E-state index contributed by atoms with van der Waals surface area (Å²) in [4.78, 5) is 8.05. The number of nitrogens with one attached hydrogen (secondary N) is 1. The molecule has 0 radical (unpaired) electrons. The molecule has 2 atom stereocenters. The number of hydrogen-bond donors (Lipinski definition) is 1. The normalized spacial score (nSPS) is 20.2. The first-order valence-electron chi connectivity index (χ1n) is 7.85. The Hall–Kier alpha value is -2.24. The van der Waals surface area contributed by atoms with Crippen LogP contribution in [-0.4, -0.2) is 10.1 Å². The smallest absolute Gasteiger partial charge is 0.174 e. The Labute approximate surface area is 151 Å². The average molecular weight is 352 g/mol. The van der Waals surface area contributed by atoms with Gasteiger partial charge in [-0.2, -0.15) is 0 Å². The van der Waals surface area contributed by atoms with Crippen molar-refractivity contribution in [3.63, 3.8) is 0 Å². The van der Waals surface area contributed by atoms with Crippen molar-refractivity contribution in [3.05, 3.63) is 82.3 Å². The van der Waals surface area contributed by atoms with Crippen LogP contribution < -0.4 is 10.2 Å². The van der Waals surface area contributed by atoms with Gasteiger partial charge in [0.25, 0.3) is 0 Å². The molecule has 24 heavy (non-hydrogen) atoms. The number of thiocarbonyl (C=S) groups is 1. The second kappa shape index (κ2) is 6.34. The summed E-state index contributed by atoms with van der Waals surface area (Å²) in [6.07, 6.45) is 1.83. The molecule has 0 saturated carbocycles. The quantitative estimate of drug-likeness (QED) is 0.697. The van der Waals surface area contributed by atoms with E-state index in [1.807, 2.05) is 18.3 Å². The Morgan fingerprint density at radius 1 is 1.12 bits per heavy atom. The first kappa shape index (κ1) is 15.3. The van der Waals surface area contributed by atoms with E-state index in [1.54, 1.807) is 11.3 Å². The second-order valence-electron chi connectivity index (χ2n) is 5.85. The highest BCUT2D eigenvalue weighted by molar-refractivity contribution is 7.80. The topological polar surface area (TPSA) is 28.2 Å². The van der Waals surface area contributed by atoms with Crippen molar-refractivity contribution < 1.29 is 0 Å². The van der Waals surface area contributed by atoms with Crippen LogP contribution in [-0.2, 0) is 0 Å². The Morgan fingerprint density at radius 2 is 2.04 bits per heavy atom. The predicted octanol–water partition coefficient (Wildman–Crippen LogP) is 4.63. The fraction of sp³-hybridized carbons (Fsp3) is 0.158. The van der Waals surface area contributed by atoms with E-state index in [0.29, 0.717) is 0 Å². The van der Waals surface area contributed by atoms with Gasteiger partial charge in [0, 0.05) is 16.8 Å². The molecule has 3 nitrogen and oxygen atoms in total. The fourth-order valence-electron chi connectivity index (χ4n) is 3.16. The molecule has 3 aromatic rings. The minimum absolute atomic E-state index is 0.0397. The molecular weight excluding hydrogens is 334 g/mol. The van der Waals surface area contributed by atoms with Crippen LogP contribution in [0.15, 0.2) is 66.2 Å². The molecule has 3 heterocycles. The molecule has 5 heteroatoms. The maximum atomic E-state index is 5.69. The van der Waals surface area contributed by atoms with Crippen LogP contribution in [0.1, 0.15) is 28.2 Å². The number of nitrogens with zero attached hydrogens (tertiary/aromatic N) is 2. The molecule has 4 rings (SSSR count). The average Bonchev–Trinajstić information content (AvgIpc) is 3.23. The van der Waals surface area contributed by atoms with E-state index in [9.17, 15) is 0 Å². The summed E-state index contributed by atoms with van der Waals surface area (Å²) in [7, 11) is 0. The van der Waals surface area contributed by atoms with Crippen LogP contribution in [0.5, 0.6) is 0 Å². The summed E-state index contributed by atoms with van der Waals surface area (Å²) >= 11 is 7.44. The molecule has 1 N–H and O–H groups in total. The zero-order valence-corrected chi connectivity index (χ0v) is 14.8. The molecule has 2 aromatic heterocycles. The molecule has 1 aliphatic heterocycles. The first-order valence-corrected chi connectivity index (χ1v) is 9.13. The number of aromatic nitrogens is 1. The lowest BCUT2D eigenvalue weighted by molar-refractivity contribution is 0.575. The summed E-state index contributed by atoms with van der Waals surface area (Å²) in [6, 6.07) is 18.9. The summed E-state index contributed by atoms with van der Waals surface area (Å²) < 4.78 is 0. The van der Waals surface area contributed by atoms with Gasteiger partial charge >= 0.3 is 0 Å². The predicted molar refractivity (Wildman–Crippen MR) is 103 cm³/mol. The minimum Gasteiger partial charge on any atom is -0.351 e. The number of pyridine rings is 1. The highest BCUT2D eigenvalue weighted by Crippen LogP contribution is 2.42. The lowest BCUT2D eigenvalue weighted by Crippen LogP contribution is -2.29. The van der Waals surface area contributed by atoms with E-state index >= 15 is 0 Å². The number of hydrogen-bond acceptors (Lipinski definition) is 3. The molecule has 1 fully saturated rings. The van der Waals surface area contributed by atoms with E-state index in [2.05, 4.69) is 70.0 Å². The number of rotatable bonds is 3. The third-order valence-corrected chi connectivity index (χ3v) is 5.47. The van der Waals surface area contributed by atoms with Gasteiger partial charge in [0.15, 0.2) is 5.11 Å². The Balaban J connectivity index is 1.82. The van der Waals surface area contributed by atoms with Crippen molar-refractivity contribution in [3.8, 4) is 0 Å². The Kier molecular flexibility index (Phi) is 4.04. The first-order chi connectivity index (χ1) is 11.7. The van der Waals surface area contributed by atoms with Crippen molar-refractivity contribution in [1.29, 1.82) is 0 Å². The van der Waals surface area contributed by atoms with Crippen molar-refractivity contribution in [2.75, 3.05) is 4.90 Å². The van der Waals surface area contributed by atoms with Crippen molar-refractivity contribution in [2.45, 2.75) is 19.0 Å². The molecule has 0 bridgehead atoms. The minimum atomic E-state index is 0.0397. The third-order valence-electron chi connectivity index (χ3n) is 4.21. The van der Waals surface area contributed by atoms with Gasteiger partial charge in [-0.25, -0.2) is 0 Å². The molecule has 0 aliphatic carbocycles. The maximum absolute atomic E-state index is 5.69. The molecule has 120 valence electrons. The Morgan fingerprint density at radius 3 is 2.75 bits per heavy atom. The molecular formula is C19H17N3S2. The van der Waals surface area contributed by atoms with Gasteiger partial charge in [-0.15, -0.1) is 11.3 Å². The number of anilines is 1. The fourth-order valence-corrected chi connectivity index (χ4v) is 4.36. The Bertz CT molecular complexity index is 846. The SMILES string of the molecule is Cc1cccc(N2C(=S)NC(c3ccccn3)C2c2cccs2)c1. The van der Waals surface area contributed by atoms with Crippen LogP contribution in [0.3, 0.4) is 0 Å². The van der Waals surface area contributed by atoms with Gasteiger partial charge in [-0.3, -0.25) is 4.98 Å². The number of thiophene rings is 1. The summed E-state index contributed by atoms with van der Waals surface area (Å²) in [5.74, 6) is 0. The van der Waals surface area contributed by atoms with Gasteiger partial charge in [-0.1, -0.05) is 24.3 Å². The van der Waals surface area contributed by atoms with Crippen molar-refractivity contribution >= 4 is 34.4 Å². The molecule has 1 aromatic carbocycles. The molecule has 0 spiro atoms. The van der Waals surface area contributed by atoms with E-state index < -0.39 is 0 Å². The summed E-state index contributed by atoms with van der Waals surface area (Å²) in [5, 5.41) is 6.33. The van der Waals surface area contributed by atoms with Gasteiger partial charge in [0.2, 0.25) is 0 Å². The van der Waals surface area contributed by atoms with Crippen LogP contribution in [0, 0.1) is 6.92 Å². The molecule has 0 amide bonds. The largest absolute Gasteiger partial charge is 0.351 e. The zero-order valence-electron chi connectivity index (χ0n) is 13.2. The monoisotopic (exact) mass is 351 g/mol. The lowest BCUT2D eigenvalue weighted by atomic mass is 10.0. The van der Waals surface area contributed by atoms with E-state index in [1.165, 1.54) is 10.4 Å². The van der Waals surface area contributed by atoms with Gasteiger partial charge in [0.1, 0.15) is 0 Å². The highest BCUT2D eigenvalue weighted by Gasteiger charge is 2.41. The van der Waals surface area contributed by atoms with Crippen molar-refractivity contribution in [2.24, 2.45) is 0 Å². The second-order valence-corrected chi connectivity index (χ2v) is 7.22. The van der Waals surface area contributed by atoms with Gasteiger partial charge in [-0.05, 0) is 60.4 Å². The van der Waals surface area contributed by atoms with Crippen LogP contribution >= 0.6 is 23.6 Å². The molecule has 1 saturated heterocycles. The highest BCUT2D eigenvalue weighted by atomic mass is 32.1. The molecule has 1 aliphatic rings. The van der Waals surface area contributed by atoms with Crippen LogP contribution in [0.2, 0.25) is 0 Å². The lowest BCUT2D eigenvalue weighted by Gasteiger charge is -2.27. The number of benzene rings is 1. The van der Waals surface area contributed by atoms with Crippen LogP contribution in [0.25, 0.3) is 0 Å². The third kappa shape index (κ3) is 2.70. The standard InChI is InChI=1S/C19H17N3S2/c1-13-6-4-7-14(12-13)22-18(16-9-5-11-24-16)17(21-19(22)23)15-8-2-3-10-20-15/h2-12,17-18H,1H3,(H,21,23). The van der Waals surface area contributed by atoms with Gasteiger partial charge < -0.3 is 10.2 Å². The zero-order chi connectivity index (χ0) is 16.5. The van der Waals surface area contributed by atoms with E-state index in [4.69, 9.17) is 12.2 Å². The van der Waals surface area contributed by atoms with Crippen LogP contribution in [0.4, 0.5) is 5.69 Å². The van der Waals surface area contributed by atoms with E-state index in [-0.39, 0.29) is 12.1 Å². The summed E-state index contributed by atoms with van der Waals surface area (Å²) in [5.41, 5.74) is 3.35. The molecule has 2 unspecified atom stereocenters. The maximum Gasteiger partial charge on any atom is 0.174 e. The van der Waals surface area contributed by atoms with E-state index in [0.717, 1.165) is 16.5 Å². The van der Waals surface area contributed by atoms with Crippen molar-refractivity contribution in [1.82, 2.24) is 10.3 Å². The summed E-state index contributed by atoms with van der Waals surface area (Å²) in [6.45, 7) is 2.10. The van der Waals surface area contributed by atoms with Gasteiger partial charge in [0.05, 0.1) is 17.8 Å². The number of aryl methyl sites for hydroxylation is 1.